The topological polar surface area (TPSA) is 81.7 Å². The SMILES string of the molecule is Cc1noc(C)c1C(C)Nc1ncnc2c1c(Br)nn2C. The first kappa shape index (κ1) is 14.0. The second-order valence-electron chi connectivity index (χ2n) is 4.94. The molecule has 21 heavy (non-hydrogen) atoms. The Balaban J connectivity index is 2.03. The Morgan fingerprint density at radius 1 is 1.33 bits per heavy atom. The van der Waals surface area contributed by atoms with E-state index in [1.165, 1.54) is 6.33 Å². The Morgan fingerprint density at radius 3 is 2.76 bits per heavy atom. The maximum Gasteiger partial charge on any atom is 0.164 e. The average Bonchev–Trinajstić information content (AvgIpc) is 2.91. The maximum atomic E-state index is 5.22. The molecule has 1 atom stereocenters. The highest BCUT2D eigenvalue weighted by molar-refractivity contribution is 9.10. The van der Waals surface area contributed by atoms with Gasteiger partial charge in [0, 0.05) is 12.6 Å². The summed E-state index contributed by atoms with van der Waals surface area (Å²) in [7, 11) is 1.85. The lowest BCUT2D eigenvalue weighted by Crippen LogP contribution is -2.10. The van der Waals surface area contributed by atoms with Gasteiger partial charge in [0.25, 0.3) is 0 Å². The second kappa shape index (κ2) is 5.10. The van der Waals surface area contributed by atoms with Crippen LogP contribution in [0.15, 0.2) is 15.5 Å². The van der Waals surface area contributed by atoms with Crippen molar-refractivity contribution in [3.05, 3.63) is 27.9 Å². The van der Waals surface area contributed by atoms with Crippen LogP contribution in [0.4, 0.5) is 5.82 Å². The van der Waals surface area contributed by atoms with E-state index in [1.807, 2.05) is 27.8 Å². The first-order chi connectivity index (χ1) is 9.99. The van der Waals surface area contributed by atoms with Gasteiger partial charge in [-0.2, -0.15) is 5.10 Å². The Bertz CT molecular complexity index is 789. The molecule has 3 rings (SSSR count). The van der Waals surface area contributed by atoms with Crippen LogP contribution < -0.4 is 5.32 Å². The molecule has 8 heteroatoms. The minimum absolute atomic E-state index is 0.0152. The quantitative estimate of drug-likeness (QED) is 0.781. The Morgan fingerprint density at radius 2 is 2.10 bits per heavy atom. The molecule has 0 amide bonds. The number of hydrogen-bond donors (Lipinski definition) is 1. The zero-order valence-electron chi connectivity index (χ0n) is 12.2. The number of hydrogen-bond acceptors (Lipinski definition) is 6. The highest BCUT2D eigenvalue weighted by atomic mass is 79.9. The van der Waals surface area contributed by atoms with Gasteiger partial charge in [-0.15, -0.1) is 0 Å². The average molecular weight is 351 g/mol. The molecule has 0 saturated carbocycles. The van der Waals surface area contributed by atoms with Gasteiger partial charge < -0.3 is 9.84 Å². The van der Waals surface area contributed by atoms with Crippen molar-refractivity contribution in [1.82, 2.24) is 24.9 Å². The molecule has 0 radical (unpaired) electrons. The molecule has 3 heterocycles. The van der Waals surface area contributed by atoms with E-state index in [2.05, 4.69) is 41.5 Å². The van der Waals surface area contributed by atoms with Gasteiger partial charge in [-0.3, -0.25) is 0 Å². The predicted molar refractivity (Wildman–Crippen MR) is 82.0 cm³/mol. The van der Waals surface area contributed by atoms with Crippen LogP contribution in [0, 0.1) is 13.8 Å². The van der Waals surface area contributed by atoms with Crippen molar-refractivity contribution in [2.45, 2.75) is 26.8 Å². The standard InChI is InChI=1S/C13H15BrN6O/c1-6(9-7(2)19-21-8(9)3)17-12-10-11(14)18-20(4)13(10)16-5-15-12/h5-6H,1-4H3,(H,15,16,17). The summed E-state index contributed by atoms with van der Waals surface area (Å²) < 4.78 is 7.65. The summed E-state index contributed by atoms with van der Waals surface area (Å²) >= 11 is 3.45. The molecule has 0 aliphatic heterocycles. The van der Waals surface area contributed by atoms with Gasteiger partial charge in [-0.25, -0.2) is 14.6 Å². The summed E-state index contributed by atoms with van der Waals surface area (Å²) in [6.45, 7) is 5.88. The number of nitrogens with one attached hydrogen (secondary N) is 1. The summed E-state index contributed by atoms with van der Waals surface area (Å²) in [5.74, 6) is 1.54. The first-order valence-corrected chi connectivity index (χ1v) is 7.31. The number of fused-ring (bicyclic) bond motifs is 1. The van der Waals surface area contributed by atoms with Crippen molar-refractivity contribution < 1.29 is 4.52 Å². The van der Waals surface area contributed by atoms with E-state index in [9.17, 15) is 0 Å². The maximum absolute atomic E-state index is 5.22. The van der Waals surface area contributed by atoms with E-state index in [-0.39, 0.29) is 6.04 Å². The van der Waals surface area contributed by atoms with Gasteiger partial charge in [0.1, 0.15) is 22.5 Å². The van der Waals surface area contributed by atoms with Crippen molar-refractivity contribution >= 4 is 32.8 Å². The minimum atomic E-state index is 0.0152. The normalized spacial score (nSPS) is 12.8. The van der Waals surface area contributed by atoms with Crippen molar-refractivity contribution in [3.63, 3.8) is 0 Å². The van der Waals surface area contributed by atoms with Gasteiger partial charge in [0.15, 0.2) is 5.65 Å². The van der Waals surface area contributed by atoms with Crippen molar-refractivity contribution in [1.29, 1.82) is 0 Å². The van der Waals surface area contributed by atoms with Crippen LogP contribution in [-0.2, 0) is 7.05 Å². The predicted octanol–water partition coefficient (Wildman–Crippen LogP) is 2.90. The molecule has 0 saturated heterocycles. The molecule has 1 unspecified atom stereocenters. The Labute approximate surface area is 129 Å². The summed E-state index contributed by atoms with van der Waals surface area (Å²) in [4.78, 5) is 8.59. The molecule has 0 aliphatic rings. The van der Waals surface area contributed by atoms with Gasteiger partial charge in [0.05, 0.1) is 17.1 Å². The lowest BCUT2D eigenvalue weighted by molar-refractivity contribution is 0.392. The Hall–Kier alpha value is -1.96. The second-order valence-corrected chi connectivity index (χ2v) is 5.69. The molecule has 0 aromatic carbocycles. The van der Waals surface area contributed by atoms with E-state index >= 15 is 0 Å². The number of halogens is 1. The summed E-state index contributed by atoms with van der Waals surface area (Å²) in [6, 6.07) is 0.0152. The van der Waals surface area contributed by atoms with E-state index < -0.39 is 0 Å². The largest absolute Gasteiger partial charge is 0.363 e. The molecular formula is C13H15BrN6O. The Kier molecular flexibility index (Phi) is 3.40. The molecule has 3 aromatic heterocycles. The smallest absolute Gasteiger partial charge is 0.164 e. The summed E-state index contributed by atoms with van der Waals surface area (Å²) in [5, 5.41) is 12.6. The molecule has 1 N–H and O–H groups in total. The molecule has 0 aliphatic carbocycles. The lowest BCUT2D eigenvalue weighted by atomic mass is 10.1. The molecule has 0 spiro atoms. The van der Waals surface area contributed by atoms with E-state index in [4.69, 9.17) is 4.52 Å². The number of anilines is 1. The van der Waals surface area contributed by atoms with E-state index in [0.29, 0.717) is 4.60 Å². The highest BCUT2D eigenvalue weighted by Crippen LogP contribution is 2.30. The molecular weight excluding hydrogens is 336 g/mol. The van der Waals surface area contributed by atoms with E-state index in [0.717, 1.165) is 33.9 Å². The number of aromatic nitrogens is 5. The van der Waals surface area contributed by atoms with Crippen molar-refractivity contribution in [3.8, 4) is 0 Å². The fourth-order valence-electron chi connectivity index (χ4n) is 2.54. The number of aryl methyl sites for hydroxylation is 3. The lowest BCUT2D eigenvalue weighted by Gasteiger charge is -2.14. The number of rotatable bonds is 3. The van der Waals surface area contributed by atoms with Crippen LogP contribution in [-0.4, -0.2) is 24.9 Å². The molecule has 0 bridgehead atoms. The van der Waals surface area contributed by atoms with Gasteiger partial charge in [0.2, 0.25) is 0 Å². The van der Waals surface area contributed by atoms with E-state index in [1.54, 1.807) is 4.68 Å². The third-order valence-corrected chi connectivity index (χ3v) is 4.01. The van der Waals surface area contributed by atoms with Crippen LogP contribution in [0.5, 0.6) is 0 Å². The summed E-state index contributed by atoms with van der Waals surface area (Å²) in [5.41, 5.74) is 2.69. The van der Waals surface area contributed by atoms with Gasteiger partial charge in [-0.05, 0) is 36.7 Å². The number of nitrogens with zero attached hydrogens (tertiary/aromatic N) is 5. The van der Waals surface area contributed by atoms with Crippen molar-refractivity contribution in [2.75, 3.05) is 5.32 Å². The first-order valence-electron chi connectivity index (χ1n) is 6.51. The van der Waals surface area contributed by atoms with Gasteiger partial charge in [-0.1, -0.05) is 5.16 Å². The third kappa shape index (κ3) is 2.29. The molecule has 0 fully saturated rings. The van der Waals surface area contributed by atoms with Crippen LogP contribution in [0.1, 0.15) is 30.0 Å². The van der Waals surface area contributed by atoms with Crippen molar-refractivity contribution in [2.24, 2.45) is 7.05 Å². The monoisotopic (exact) mass is 350 g/mol. The highest BCUT2D eigenvalue weighted by Gasteiger charge is 2.19. The molecule has 3 aromatic rings. The zero-order valence-corrected chi connectivity index (χ0v) is 13.8. The molecule has 110 valence electrons. The third-order valence-electron chi connectivity index (χ3n) is 3.45. The molecule has 7 nitrogen and oxygen atoms in total. The van der Waals surface area contributed by atoms with Gasteiger partial charge >= 0.3 is 0 Å². The fraction of sp³-hybridized carbons (Fsp3) is 0.385. The minimum Gasteiger partial charge on any atom is -0.363 e. The van der Waals surface area contributed by atoms with Crippen LogP contribution in [0.25, 0.3) is 11.0 Å². The fourth-order valence-corrected chi connectivity index (χ4v) is 3.14. The van der Waals surface area contributed by atoms with Crippen LogP contribution in [0.2, 0.25) is 0 Å². The summed E-state index contributed by atoms with van der Waals surface area (Å²) in [6.07, 6.45) is 1.53. The van der Waals surface area contributed by atoms with Crippen LogP contribution in [0.3, 0.4) is 0 Å². The zero-order chi connectivity index (χ0) is 15.1. The van der Waals surface area contributed by atoms with Crippen LogP contribution >= 0.6 is 15.9 Å².